The molecule has 1 aliphatic rings. The first-order chi connectivity index (χ1) is 16.6. The lowest BCUT2D eigenvalue weighted by atomic mass is 10.2. The molecule has 4 aromatic rings. The van der Waals surface area contributed by atoms with Crippen LogP contribution in [0.15, 0.2) is 72.1 Å². The average molecular weight is 474 g/mol. The predicted molar refractivity (Wildman–Crippen MR) is 129 cm³/mol. The van der Waals surface area contributed by atoms with Gasteiger partial charge in [0.05, 0.1) is 10.9 Å². The van der Waals surface area contributed by atoms with E-state index in [9.17, 15) is 4.79 Å². The molecule has 1 N–H and O–H groups in total. The van der Waals surface area contributed by atoms with E-state index in [0.29, 0.717) is 23.3 Å². The fourth-order valence-corrected chi connectivity index (χ4v) is 4.55. The Morgan fingerprint density at radius 1 is 1.09 bits per heavy atom. The summed E-state index contributed by atoms with van der Waals surface area (Å²) in [4.78, 5) is 17.0. The Morgan fingerprint density at radius 2 is 1.88 bits per heavy atom. The van der Waals surface area contributed by atoms with Crippen LogP contribution in [-0.2, 0) is 11.3 Å². The smallest absolute Gasteiger partial charge is 0.233 e. The van der Waals surface area contributed by atoms with Crippen molar-refractivity contribution in [2.45, 2.75) is 30.8 Å². The maximum Gasteiger partial charge on any atom is 0.233 e. The normalized spacial score (nSPS) is 13.0. The van der Waals surface area contributed by atoms with Crippen LogP contribution >= 0.6 is 11.8 Å². The van der Waals surface area contributed by atoms with E-state index < -0.39 is 0 Å². The number of nitrogens with one attached hydrogen (secondary N) is 1. The molecule has 2 aromatic carbocycles. The molecule has 1 atom stereocenters. The number of hydrogen-bond acceptors (Lipinski definition) is 7. The lowest BCUT2D eigenvalue weighted by molar-refractivity contribution is -0.120. The highest BCUT2D eigenvalue weighted by atomic mass is 32.2. The van der Waals surface area contributed by atoms with Crippen LogP contribution in [0, 0.1) is 6.92 Å². The van der Waals surface area contributed by atoms with Gasteiger partial charge in [-0.2, -0.15) is 0 Å². The highest BCUT2D eigenvalue weighted by Crippen LogP contribution is 2.33. The van der Waals surface area contributed by atoms with Crippen molar-refractivity contribution in [3.05, 3.63) is 78.1 Å². The van der Waals surface area contributed by atoms with Crippen molar-refractivity contribution >= 4 is 17.7 Å². The van der Waals surface area contributed by atoms with Gasteiger partial charge in [0.15, 0.2) is 22.5 Å². The first-order valence-electron chi connectivity index (χ1n) is 10.8. The number of nitrogens with zero attached hydrogens (tertiary/aromatic N) is 4. The van der Waals surface area contributed by atoms with Crippen molar-refractivity contribution in [1.82, 2.24) is 25.1 Å². The number of rotatable bonds is 7. The van der Waals surface area contributed by atoms with Crippen LogP contribution in [0.3, 0.4) is 0 Å². The number of carbonyl (C=O) groups is 1. The van der Waals surface area contributed by atoms with E-state index in [1.54, 1.807) is 12.4 Å². The molecular formula is C25H23N5O3S. The van der Waals surface area contributed by atoms with E-state index in [0.717, 1.165) is 28.1 Å². The van der Waals surface area contributed by atoms with Crippen LogP contribution in [0.5, 0.6) is 11.5 Å². The zero-order chi connectivity index (χ0) is 23.5. The van der Waals surface area contributed by atoms with Gasteiger partial charge in [0.1, 0.15) is 0 Å². The molecule has 34 heavy (non-hydrogen) atoms. The highest BCUT2D eigenvalue weighted by molar-refractivity contribution is 8.00. The Hall–Kier alpha value is -3.85. The number of aryl methyl sites for hydroxylation is 1. The third-order valence-corrected chi connectivity index (χ3v) is 6.53. The maximum atomic E-state index is 12.9. The molecule has 5 rings (SSSR count). The quantitative estimate of drug-likeness (QED) is 0.403. The first-order valence-corrected chi connectivity index (χ1v) is 11.7. The monoisotopic (exact) mass is 473 g/mol. The largest absolute Gasteiger partial charge is 0.454 e. The minimum atomic E-state index is -0.383. The van der Waals surface area contributed by atoms with Crippen molar-refractivity contribution in [3.8, 4) is 28.6 Å². The van der Waals surface area contributed by atoms with Crippen molar-refractivity contribution in [3.63, 3.8) is 0 Å². The number of ether oxygens (including phenoxy) is 2. The molecule has 9 heteroatoms. The van der Waals surface area contributed by atoms with Crippen molar-refractivity contribution < 1.29 is 14.3 Å². The summed E-state index contributed by atoms with van der Waals surface area (Å²) in [5.74, 6) is 2.03. The molecule has 8 nitrogen and oxygen atoms in total. The Balaban J connectivity index is 1.35. The van der Waals surface area contributed by atoms with Gasteiger partial charge in [0.2, 0.25) is 12.7 Å². The topological polar surface area (TPSA) is 91.2 Å². The number of amides is 1. The summed E-state index contributed by atoms with van der Waals surface area (Å²) in [7, 11) is 0. The third-order valence-electron chi connectivity index (χ3n) is 5.48. The van der Waals surface area contributed by atoms with Gasteiger partial charge in [-0.3, -0.25) is 14.3 Å². The number of para-hydroxylation sites is 1. The minimum Gasteiger partial charge on any atom is -0.454 e. The number of aromatic nitrogens is 4. The zero-order valence-corrected chi connectivity index (χ0v) is 19.6. The van der Waals surface area contributed by atoms with Gasteiger partial charge in [0, 0.05) is 24.5 Å². The fraction of sp³-hybridized carbons (Fsp3) is 0.200. The Kier molecular flexibility index (Phi) is 6.18. The lowest BCUT2D eigenvalue weighted by Gasteiger charge is -2.15. The Bertz CT molecular complexity index is 1330. The second-order valence-electron chi connectivity index (χ2n) is 7.83. The second kappa shape index (κ2) is 9.56. The molecule has 0 aliphatic carbocycles. The SMILES string of the molecule is Cc1ccccc1-n1c(S[C@H](C)C(=O)NCc2ccc3c(c2)OCO3)nnc1-c1ccncc1. The number of carbonyl (C=O) groups excluding carboxylic acids is 1. The van der Waals surface area contributed by atoms with Crippen LogP contribution in [-0.4, -0.2) is 37.7 Å². The van der Waals surface area contributed by atoms with E-state index >= 15 is 0 Å². The lowest BCUT2D eigenvalue weighted by Crippen LogP contribution is -2.30. The van der Waals surface area contributed by atoms with Crippen LogP contribution in [0.1, 0.15) is 18.1 Å². The predicted octanol–water partition coefficient (Wildman–Crippen LogP) is 4.16. The number of thioether (sulfide) groups is 1. The standard InChI is InChI=1S/C25H23N5O3S/c1-16-5-3-4-6-20(16)30-23(19-9-11-26-12-10-19)28-29-25(30)34-17(2)24(31)27-14-18-7-8-21-22(13-18)33-15-32-21/h3-13,17H,14-15H2,1-2H3,(H,27,31)/t17-/m1/s1. The van der Waals surface area contributed by atoms with Gasteiger partial charge in [-0.05, 0) is 55.3 Å². The summed E-state index contributed by atoms with van der Waals surface area (Å²) in [6.45, 7) is 4.53. The highest BCUT2D eigenvalue weighted by Gasteiger charge is 2.23. The van der Waals surface area contributed by atoms with E-state index in [1.165, 1.54) is 11.8 Å². The maximum absolute atomic E-state index is 12.9. The van der Waals surface area contributed by atoms with Gasteiger partial charge in [-0.15, -0.1) is 10.2 Å². The summed E-state index contributed by atoms with van der Waals surface area (Å²) in [6, 6.07) is 17.5. The van der Waals surface area contributed by atoms with E-state index in [-0.39, 0.29) is 18.0 Å². The van der Waals surface area contributed by atoms with Gasteiger partial charge in [-0.1, -0.05) is 36.0 Å². The first kappa shape index (κ1) is 22.0. The van der Waals surface area contributed by atoms with Crippen LogP contribution in [0.2, 0.25) is 0 Å². The van der Waals surface area contributed by atoms with Gasteiger partial charge in [0.25, 0.3) is 0 Å². The molecule has 0 saturated carbocycles. The van der Waals surface area contributed by atoms with E-state index in [2.05, 4.69) is 20.5 Å². The van der Waals surface area contributed by atoms with Gasteiger partial charge in [-0.25, -0.2) is 0 Å². The number of fused-ring (bicyclic) bond motifs is 1. The molecule has 0 saturated heterocycles. The molecule has 0 bridgehead atoms. The number of pyridine rings is 1. The Morgan fingerprint density at radius 3 is 2.71 bits per heavy atom. The average Bonchev–Trinajstić information content (AvgIpc) is 3.50. The zero-order valence-electron chi connectivity index (χ0n) is 18.8. The summed E-state index contributed by atoms with van der Waals surface area (Å²) < 4.78 is 12.8. The molecule has 1 aliphatic heterocycles. The third kappa shape index (κ3) is 4.47. The summed E-state index contributed by atoms with van der Waals surface area (Å²) >= 11 is 1.37. The van der Waals surface area contributed by atoms with E-state index in [4.69, 9.17) is 9.47 Å². The summed E-state index contributed by atoms with van der Waals surface area (Å²) in [5.41, 5.74) is 3.89. The molecule has 0 radical (unpaired) electrons. The number of hydrogen-bond donors (Lipinski definition) is 1. The van der Waals surface area contributed by atoms with Gasteiger partial charge >= 0.3 is 0 Å². The van der Waals surface area contributed by atoms with Gasteiger partial charge < -0.3 is 14.8 Å². The Labute approximate surface area is 201 Å². The molecular weight excluding hydrogens is 450 g/mol. The van der Waals surface area contributed by atoms with Crippen LogP contribution < -0.4 is 14.8 Å². The molecule has 0 unspecified atom stereocenters. The summed E-state index contributed by atoms with van der Waals surface area (Å²) in [5, 5.41) is 12.1. The van der Waals surface area contributed by atoms with E-state index in [1.807, 2.05) is 73.0 Å². The van der Waals surface area contributed by atoms with Crippen molar-refractivity contribution in [1.29, 1.82) is 0 Å². The van der Waals surface area contributed by atoms with Crippen molar-refractivity contribution in [2.75, 3.05) is 6.79 Å². The number of benzene rings is 2. The molecule has 0 spiro atoms. The molecule has 2 aromatic heterocycles. The second-order valence-corrected chi connectivity index (χ2v) is 9.14. The fourth-order valence-electron chi connectivity index (χ4n) is 3.66. The molecule has 1 amide bonds. The van der Waals surface area contributed by atoms with Crippen LogP contribution in [0.4, 0.5) is 0 Å². The molecule has 172 valence electrons. The summed E-state index contributed by atoms with van der Waals surface area (Å²) in [6.07, 6.45) is 3.45. The molecule has 3 heterocycles. The minimum absolute atomic E-state index is 0.0903. The van der Waals surface area contributed by atoms with Crippen LogP contribution in [0.25, 0.3) is 17.1 Å². The molecule has 0 fully saturated rings. The van der Waals surface area contributed by atoms with Crippen molar-refractivity contribution in [2.24, 2.45) is 0 Å².